The topological polar surface area (TPSA) is 71.8 Å². The van der Waals surface area contributed by atoms with Crippen LogP contribution in [0.4, 0.5) is 0 Å². The Labute approximate surface area is 136 Å². The summed E-state index contributed by atoms with van der Waals surface area (Å²) in [7, 11) is 0. The molecule has 3 N–H and O–H groups in total. The fourth-order valence-electron chi connectivity index (χ4n) is 2.77. The van der Waals surface area contributed by atoms with Gasteiger partial charge < -0.3 is 10.7 Å². The fraction of sp³-hybridized carbons (Fsp3) is 0. The third-order valence-electron chi connectivity index (χ3n) is 3.89. The van der Waals surface area contributed by atoms with Crippen molar-refractivity contribution in [3.8, 4) is 11.4 Å². The van der Waals surface area contributed by atoms with E-state index in [9.17, 15) is 4.79 Å². The summed E-state index contributed by atoms with van der Waals surface area (Å²) in [4.78, 5) is 19.2. The lowest BCUT2D eigenvalue weighted by atomic mass is 10.0. The van der Waals surface area contributed by atoms with Gasteiger partial charge in [-0.05, 0) is 29.7 Å². The number of benzene rings is 3. The van der Waals surface area contributed by atoms with Gasteiger partial charge in [0.25, 0.3) is 0 Å². The number of nitrogens with two attached hydrogens (primary N) is 1. The summed E-state index contributed by atoms with van der Waals surface area (Å²) in [6.45, 7) is 0. The summed E-state index contributed by atoms with van der Waals surface area (Å²) in [5.74, 6) is 0.273. The van der Waals surface area contributed by atoms with E-state index in [0.717, 1.165) is 33.2 Å². The first-order valence-electron chi connectivity index (χ1n) is 7.11. The number of fused-ring (bicyclic) bond motifs is 2. The number of hydrogen-bond donors (Lipinski definition) is 2. The predicted molar refractivity (Wildman–Crippen MR) is 92.6 cm³/mol. The lowest BCUT2D eigenvalue weighted by Gasteiger charge is -2.05. The third-order valence-corrected chi connectivity index (χ3v) is 4.22. The zero-order valence-electron chi connectivity index (χ0n) is 12.0. The molecule has 0 aliphatic carbocycles. The molecule has 1 heterocycles. The Kier molecular flexibility index (Phi) is 3.06. The van der Waals surface area contributed by atoms with Gasteiger partial charge in [-0.2, -0.15) is 0 Å². The summed E-state index contributed by atoms with van der Waals surface area (Å²) in [5, 5.41) is 2.70. The van der Waals surface area contributed by atoms with Crippen LogP contribution >= 0.6 is 11.6 Å². The van der Waals surface area contributed by atoms with Gasteiger partial charge >= 0.3 is 0 Å². The zero-order chi connectivity index (χ0) is 16.0. The molecular formula is C18H12ClN3O. The van der Waals surface area contributed by atoms with Gasteiger partial charge in [-0.25, -0.2) is 4.98 Å². The summed E-state index contributed by atoms with van der Waals surface area (Å²) in [6.07, 6.45) is 0. The lowest BCUT2D eigenvalue weighted by molar-refractivity contribution is 0.100. The molecule has 0 spiro atoms. The number of nitrogens with zero attached hydrogens (tertiary/aromatic N) is 1. The monoisotopic (exact) mass is 321 g/mol. The Morgan fingerprint density at radius 1 is 1.04 bits per heavy atom. The Morgan fingerprint density at radius 3 is 2.65 bits per heavy atom. The molecule has 0 bridgehead atoms. The molecule has 5 heteroatoms. The number of H-pyrrole nitrogens is 1. The molecule has 0 aliphatic heterocycles. The van der Waals surface area contributed by atoms with Gasteiger partial charge in [0.05, 0.1) is 11.0 Å². The Morgan fingerprint density at radius 2 is 1.83 bits per heavy atom. The molecule has 0 atom stereocenters. The van der Waals surface area contributed by atoms with Crippen molar-refractivity contribution in [2.24, 2.45) is 5.73 Å². The number of imidazole rings is 1. The van der Waals surface area contributed by atoms with Crippen LogP contribution in [0.5, 0.6) is 0 Å². The first-order valence-corrected chi connectivity index (χ1v) is 7.48. The number of carbonyl (C=O) groups excluding carboxylic acids is 1. The maximum absolute atomic E-state index is 11.3. The number of primary amides is 1. The standard InChI is InChI=1S/C18H12ClN3O/c19-14-6-2-3-11-12(14)4-1-5-13(11)18-21-15-8-7-10(17(20)23)9-16(15)22-18/h1-9H,(H2,20,23)(H,21,22). The Bertz CT molecular complexity index is 1070. The highest BCUT2D eigenvalue weighted by atomic mass is 35.5. The number of hydrogen-bond acceptors (Lipinski definition) is 2. The average molecular weight is 322 g/mol. The molecule has 4 nitrogen and oxygen atoms in total. The molecule has 0 fully saturated rings. The number of aromatic amines is 1. The molecule has 23 heavy (non-hydrogen) atoms. The van der Waals surface area contributed by atoms with Crippen LogP contribution in [0, 0.1) is 0 Å². The molecule has 0 aliphatic rings. The van der Waals surface area contributed by atoms with E-state index in [1.54, 1.807) is 18.2 Å². The highest BCUT2D eigenvalue weighted by Crippen LogP contribution is 2.31. The van der Waals surface area contributed by atoms with E-state index in [2.05, 4.69) is 9.97 Å². The number of aromatic nitrogens is 2. The van der Waals surface area contributed by atoms with Gasteiger partial charge in [0.1, 0.15) is 5.82 Å². The highest BCUT2D eigenvalue weighted by molar-refractivity contribution is 6.35. The largest absolute Gasteiger partial charge is 0.366 e. The Balaban J connectivity index is 1.96. The van der Waals surface area contributed by atoms with Crippen LogP contribution < -0.4 is 5.73 Å². The minimum absolute atomic E-state index is 0.452. The molecule has 0 unspecified atom stereocenters. The summed E-state index contributed by atoms with van der Waals surface area (Å²) >= 11 is 6.27. The lowest BCUT2D eigenvalue weighted by Crippen LogP contribution is -2.10. The second-order valence-electron chi connectivity index (χ2n) is 5.32. The van der Waals surface area contributed by atoms with Gasteiger partial charge in [-0.3, -0.25) is 4.79 Å². The van der Waals surface area contributed by atoms with E-state index in [1.807, 2.05) is 36.4 Å². The predicted octanol–water partition coefficient (Wildman–Crippen LogP) is 4.14. The van der Waals surface area contributed by atoms with Gasteiger partial charge in [0.15, 0.2) is 0 Å². The maximum Gasteiger partial charge on any atom is 0.248 e. The SMILES string of the molecule is NC(=O)c1ccc2nc(-c3cccc4c(Cl)cccc34)[nH]c2c1. The van der Waals surface area contributed by atoms with Gasteiger partial charge in [-0.1, -0.05) is 41.9 Å². The zero-order valence-corrected chi connectivity index (χ0v) is 12.8. The van der Waals surface area contributed by atoms with Crippen molar-refractivity contribution in [2.45, 2.75) is 0 Å². The first kappa shape index (κ1) is 13.8. The summed E-state index contributed by atoms with van der Waals surface area (Å²) in [6, 6.07) is 16.9. The molecular weight excluding hydrogens is 310 g/mol. The average Bonchev–Trinajstić information content (AvgIpc) is 2.97. The van der Waals surface area contributed by atoms with Crippen LogP contribution in [0.25, 0.3) is 33.2 Å². The number of carbonyl (C=O) groups is 1. The van der Waals surface area contributed by atoms with E-state index < -0.39 is 5.91 Å². The normalized spacial score (nSPS) is 11.2. The molecule has 4 aromatic rings. The van der Waals surface area contributed by atoms with Crippen LogP contribution in [-0.4, -0.2) is 15.9 Å². The van der Waals surface area contributed by atoms with E-state index in [0.29, 0.717) is 10.6 Å². The van der Waals surface area contributed by atoms with Crippen LogP contribution in [-0.2, 0) is 0 Å². The van der Waals surface area contributed by atoms with Crippen LogP contribution in [0.3, 0.4) is 0 Å². The van der Waals surface area contributed by atoms with Crippen molar-refractivity contribution < 1.29 is 4.79 Å². The molecule has 1 aromatic heterocycles. The van der Waals surface area contributed by atoms with Gasteiger partial charge in [-0.15, -0.1) is 0 Å². The van der Waals surface area contributed by atoms with Crippen molar-refractivity contribution in [2.75, 3.05) is 0 Å². The smallest absolute Gasteiger partial charge is 0.248 e. The molecule has 4 rings (SSSR count). The minimum Gasteiger partial charge on any atom is -0.366 e. The van der Waals surface area contributed by atoms with Gasteiger partial charge in [0.2, 0.25) is 5.91 Å². The second-order valence-corrected chi connectivity index (χ2v) is 5.73. The van der Waals surface area contributed by atoms with Crippen LogP contribution in [0.1, 0.15) is 10.4 Å². The Hall–Kier alpha value is -2.85. The number of amides is 1. The molecule has 3 aromatic carbocycles. The molecule has 0 radical (unpaired) electrons. The van der Waals surface area contributed by atoms with Crippen LogP contribution in [0.2, 0.25) is 5.02 Å². The molecule has 1 amide bonds. The maximum atomic E-state index is 11.3. The molecule has 112 valence electrons. The molecule has 0 saturated heterocycles. The van der Waals surface area contributed by atoms with E-state index in [4.69, 9.17) is 17.3 Å². The number of rotatable bonds is 2. The third kappa shape index (κ3) is 2.24. The van der Waals surface area contributed by atoms with Gasteiger partial charge in [0, 0.05) is 21.5 Å². The number of nitrogens with one attached hydrogen (secondary N) is 1. The highest BCUT2D eigenvalue weighted by Gasteiger charge is 2.11. The summed E-state index contributed by atoms with van der Waals surface area (Å²) in [5.41, 5.74) is 8.29. The van der Waals surface area contributed by atoms with Crippen molar-refractivity contribution in [3.05, 3.63) is 65.2 Å². The summed E-state index contributed by atoms with van der Waals surface area (Å²) < 4.78 is 0. The van der Waals surface area contributed by atoms with E-state index in [-0.39, 0.29) is 0 Å². The first-order chi connectivity index (χ1) is 11.1. The minimum atomic E-state index is -0.458. The fourth-order valence-corrected chi connectivity index (χ4v) is 3.01. The quantitative estimate of drug-likeness (QED) is 0.582. The van der Waals surface area contributed by atoms with E-state index >= 15 is 0 Å². The van der Waals surface area contributed by atoms with Crippen LogP contribution in [0.15, 0.2) is 54.6 Å². The van der Waals surface area contributed by atoms with E-state index in [1.165, 1.54) is 0 Å². The number of halogens is 1. The van der Waals surface area contributed by atoms with Crippen molar-refractivity contribution >= 4 is 39.3 Å². The van der Waals surface area contributed by atoms with Crippen molar-refractivity contribution in [1.29, 1.82) is 0 Å². The van der Waals surface area contributed by atoms with Crippen molar-refractivity contribution in [1.82, 2.24) is 9.97 Å². The second kappa shape index (κ2) is 5.11. The molecule has 0 saturated carbocycles. The van der Waals surface area contributed by atoms with Crippen molar-refractivity contribution in [3.63, 3.8) is 0 Å².